The topological polar surface area (TPSA) is 29.3 Å². The molecule has 1 aliphatic heterocycles. The highest BCUT2D eigenvalue weighted by Crippen LogP contribution is 2.35. The van der Waals surface area contributed by atoms with Crippen molar-refractivity contribution in [1.29, 1.82) is 0 Å². The molecule has 2 aromatic carbocycles. The van der Waals surface area contributed by atoms with E-state index in [0.29, 0.717) is 5.69 Å². The van der Waals surface area contributed by atoms with Gasteiger partial charge < -0.3 is 10.6 Å². The van der Waals surface area contributed by atoms with Gasteiger partial charge in [0.1, 0.15) is 0 Å². The molecule has 0 amide bonds. The Hall–Kier alpha value is -1.67. The summed E-state index contributed by atoms with van der Waals surface area (Å²) in [5, 5.41) is 0.723. The molecule has 0 unspecified atom stereocenters. The van der Waals surface area contributed by atoms with Crippen LogP contribution in [0.2, 0.25) is 5.02 Å². The van der Waals surface area contributed by atoms with Crippen LogP contribution in [-0.2, 0) is 13.1 Å². The summed E-state index contributed by atoms with van der Waals surface area (Å²) >= 11 is 6.27. The molecular formula is C15H15ClN2. The third kappa shape index (κ3) is 1.83. The van der Waals surface area contributed by atoms with E-state index in [1.165, 1.54) is 16.7 Å². The van der Waals surface area contributed by atoms with E-state index in [1.54, 1.807) is 0 Å². The first-order chi connectivity index (χ1) is 8.65. The van der Waals surface area contributed by atoms with Crippen molar-refractivity contribution in [3.63, 3.8) is 0 Å². The van der Waals surface area contributed by atoms with E-state index in [-0.39, 0.29) is 0 Å². The SMILES string of the molecule is Cc1cccc2c1CN(c1ccc(N)cc1Cl)C2. The molecule has 1 heterocycles. The van der Waals surface area contributed by atoms with Crippen LogP contribution >= 0.6 is 11.6 Å². The number of halogens is 1. The predicted molar refractivity (Wildman–Crippen MR) is 76.9 cm³/mol. The highest BCUT2D eigenvalue weighted by atomic mass is 35.5. The maximum atomic E-state index is 6.27. The van der Waals surface area contributed by atoms with Crippen molar-refractivity contribution in [3.8, 4) is 0 Å². The van der Waals surface area contributed by atoms with E-state index < -0.39 is 0 Å². The first-order valence-electron chi connectivity index (χ1n) is 6.02. The molecule has 92 valence electrons. The third-order valence-corrected chi connectivity index (χ3v) is 3.83. The summed E-state index contributed by atoms with van der Waals surface area (Å²) in [5.41, 5.74) is 11.7. The van der Waals surface area contributed by atoms with Gasteiger partial charge in [0, 0.05) is 18.8 Å². The predicted octanol–water partition coefficient (Wildman–Crippen LogP) is 3.75. The zero-order valence-corrected chi connectivity index (χ0v) is 11.0. The van der Waals surface area contributed by atoms with Crippen LogP contribution in [0.15, 0.2) is 36.4 Å². The van der Waals surface area contributed by atoms with Crippen LogP contribution in [0.1, 0.15) is 16.7 Å². The number of fused-ring (bicyclic) bond motifs is 1. The number of nitrogens with zero attached hydrogens (tertiary/aromatic N) is 1. The summed E-state index contributed by atoms with van der Waals surface area (Å²) in [7, 11) is 0. The van der Waals surface area contributed by atoms with E-state index in [1.807, 2.05) is 18.2 Å². The Kier molecular flexibility index (Phi) is 2.67. The van der Waals surface area contributed by atoms with Crippen molar-refractivity contribution < 1.29 is 0 Å². The Balaban J connectivity index is 1.96. The molecule has 0 aliphatic carbocycles. The van der Waals surface area contributed by atoms with Crippen molar-refractivity contribution in [2.75, 3.05) is 10.6 Å². The fourth-order valence-electron chi connectivity index (χ4n) is 2.54. The van der Waals surface area contributed by atoms with Crippen molar-refractivity contribution in [1.82, 2.24) is 0 Å². The molecule has 0 saturated carbocycles. The van der Waals surface area contributed by atoms with Crippen LogP contribution in [0.3, 0.4) is 0 Å². The van der Waals surface area contributed by atoms with Crippen molar-refractivity contribution in [2.24, 2.45) is 0 Å². The summed E-state index contributed by atoms with van der Waals surface area (Å²) in [4.78, 5) is 2.29. The molecular weight excluding hydrogens is 244 g/mol. The van der Waals surface area contributed by atoms with Crippen molar-refractivity contribution in [3.05, 3.63) is 58.1 Å². The van der Waals surface area contributed by atoms with Crippen molar-refractivity contribution in [2.45, 2.75) is 20.0 Å². The maximum Gasteiger partial charge on any atom is 0.0660 e. The smallest absolute Gasteiger partial charge is 0.0660 e. The van der Waals surface area contributed by atoms with Crippen LogP contribution < -0.4 is 10.6 Å². The summed E-state index contributed by atoms with van der Waals surface area (Å²) in [6.45, 7) is 4.00. The lowest BCUT2D eigenvalue weighted by Crippen LogP contribution is -2.15. The lowest BCUT2D eigenvalue weighted by Gasteiger charge is -2.19. The van der Waals surface area contributed by atoms with Gasteiger partial charge in [0.05, 0.1) is 10.7 Å². The van der Waals surface area contributed by atoms with E-state index >= 15 is 0 Å². The lowest BCUT2D eigenvalue weighted by atomic mass is 10.1. The Labute approximate surface area is 112 Å². The van der Waals surface area contributed by atoms with Gasteiger partial charge in [-0.2, -0.15) is 0 Å². The summed E-state index contributed by atoms with van der Waals surface area (Å²) in [6, 6.07) is 12.2. The summed E-state index contributed by atoms with van der Waals surface area (Å²) in [5.74, 6) is 0. The molecule has 0 fully saturated rings. The Morgan fingerprint density at radius 3 is 2.72 bits per heavy atom. The van der Waals surface area contributed by atoms with Gasteiger partial charge in [0.2, 0.25) is 0 Å². The molecule has 0 saturated heterocycles. The summed E-state index contributed by atoms with van der Waals surface area (Å²) in [6.07, 6.45) is 0. The second-order valence-corrected chi connectivity index (χ2v) is 5.19. The van der Waals surface area contributed by atoms with Gasteiger partial charge in [-0.05, 0) is 41.8 Å². The molecule has 0 spiro atoms. The largest absolute Gasteiger partial charge is 0.399 e. The Morgan fingerprint density at radius 2 is 2.00 bits per heavy atom. The summed E-state index contributed by atoms with van der Waals surface area (Å²) < 4.78 is 0. The molecule has 3 heteroatoms. The molecule has 0 aromatic heterocycles. The average molecular weight is 259 g/mol. The molecule has 2 aromatic rings. The number of hydrogen-bond donors (Lipinski definition) is 1. The first kappa shape index (κ1) is 11.4. The Morgan fingerprint density at radius 1 is 1.17 bits per heavy atom. The average Bonchev–Trinajstić information content (AvgIpc) is 2.74. The van der Waals surface area contributed by atoms with Gasteiger partial charge in [-0.25, -0.2) is 0 Å². The first-order valence-corrected chi connectivity index (χ1v) is 6.40. The van der Waals surface area contributed by atoms with Crippen LogP contribution in [0, 0.1) is 6.92 Å². The van der Waals surface area contributed by atoms with Crippen molar-refractivity contribution >= 4 is 23.0 Å². The van der Waals surface area contributed by atoms with Gasteiger partial charge >= 0.3 is 0 Å². The van der Waals surface area contributed by atoms with E-state index in [2.05, 4.69) is 30.0 Å². The van der Waals surface area contributed by atoms with Crippen LogP contribution in [0.4, 0.5) is 11.4 Å². The second kappa shape index (κ2) is 4.21. The van der Waals surface area contributed by atoms with E-state index in [0.717, 1.165) is 23.8 Å². The number of hydrogen-bond acceptors (Lipinski definition) is 2. The zero-order valence-electron chi connectivity index (χ0n) is 10.3. The normalized spacial score (nSPS) is 13.8. The second-order valence-electron chi connectivity index (χ2n) is 4.78. The van der Waals surface area contributed by atoms with Crippen LogP contribution in [-0.4, -0.2) is 0 Å². The number of nitrogens with two attached hydrogens (primary N) is 1. The molecule has 0 radical (unpaired) electrons. The van der Waals surface area contributed by atoms with Gasteiger partial charge in [0.25, 0.3) is 0 Å². The highest BCUT2D eigenvalue weighted by Gasteiger charge is 2.21. The molecule has 18 heavy (non-hydrogen) atoms. The quantitative estimate of drug-likeness (QED) is 0.790. The maximum absolute atomic E-state index is 6.27. The molecule has 0 atom stereocenters. The molecule has 1 aliphatic rings. The lowest BCUT2D eigenvalue weighted by molar-refractivity contribution is 0.879. The van der Waals surface area contributed by atoms with Crippen LogP contribution in [0.5, 0.6) is 0 Å². The number of aryl methyl sites for hydroxylation is 1. The third-order valence-electron chi connectivity index (χ3n) is 3.53. The number of rotatable bonds is 1. The minimum Gasteiger partial charge on any atom is -0.399 e. The number of nitrogen functional groups attached to an aromatic ring is 1. The standard InChI is InChI=1S/C15H15ClN2/c1-10-3-2-4-11-8-18(9-13(10)11)15-6-5-12(17)7-14(15)16/h2-7H,8-9,17H2,1H3. The molecule has 3 rings (SSSR count). The van der Waals surface area contributed by atoms with Crippen LogP contribution in [0.25, 0.3) is 0 Å². The molecule has 0 bridgehead atoms. The van der Waals surface area contributed by atoms with E-state index in [9.17, 15) is 0 Å². The molecule has 2 N–H and O–H groups in total. The fourth-order valence-corrected chi connectivity index (χ4v) is 2.85. The monoisotopic (exact) mass is 258 g/mol. The minimum atomic E-state index is 0.705. The van der Waals surface area contributed by atoms with Gasteiger partial charge in [-0.3, -0.25) is 0 Å². The van der Waals surface area contributed by atoms with Gasteiger partial charge in [-0.15, -0.1) is 0 Å². The zero-order chi connectivity index (χ0) is 12.7. The fraction of sp³-hybridized carbons (Fsp3) is 0.200. The highest BCUT2D eigenvalue weighted by molar-refractivity contribution is 6.33. The van der Waals surface area contributed by atoms with E-state index in [4.69, 9.17) is 17.3 Å². The number of benzene rings is 2. The molecule has 2 nitrogen and oxygen atoms in total. The Bertz CT molecular complexity index is 607. The minimum absolute atomic E-state index is 0.705. The number of anilines is 2. The van der Waals surface area contributed by atoms with Gasteiger partial charge in [0.15, 0.2) is 0 Å². The van der Waals surface area contributed by atoms with Gasteiger partial charge in [-0.1, -0.05) is 29.8 Å².